The Hall–Kier alpha value is -3.39. The molecule has 0 aliphatic rings. The van der Waals surface area contributed by atoms with Crippen LogP contribution in [0.15, 0.2) is 114 Å². The van der Waals surface area contributed by atoms with Crippen LogP contribution in [-0.2, 0) is 41.7 Å². The predicted molar refractivity (Wildman–Crippen MR) is 127 cm³/mol. The van der Waals surface area contributed by atoms with Gasteiger partial charge in [0.15, 0.2) is 11.5 Å². The third kappa shape index (κ3) is 7.91. The molecule has 6 nitrogen and oxygen atoms in total. The molecule has 9 heteroatoms. The average Bonchev–Trinajstić information content (AvgIpc) is 3.53. The number of hydrogen-bond acceptors (Lipinski definition) is 8. The molecule has 2 aromatic carbocycles. The van der Waals surface area contributed by atoms with Gasteiger partial charge in [-0.2, -0.15) is 0 Å². The summed E-state index contributed by atoms with van der Waals surface area (Å²) in [5.41, 5.74) is 1.22. The Labute approximate surface area is 211 Å². The second-order valence-corrected chi connectivity index (χ2v) is 7.01. The van der Waals surface area contributed by atoms with E-state index >= 15 is 0 Å². The summed E-state index contributed by atoms with van der Waals surface area (Å²) in [6.45, 7) is 0. The Balaban J connectivity index is 0.000000227. The molecule has 0 saturated carbocycles. The van der Waals surface area contributed by atoms with Gasteiger partial charge in [-0.05, 0) is 36.4 Å². The topological polar surface area (TPSA) is 85.1 Å². The van der Waals surface area contributed by atoms with E-state index in [0.29, 0.717) is 21.2 Å². The van der Waals surface area contributed by atoms with Gasteiger partial charge in [0.2, 0.25) is 11.6 Å². The van der Waals surface area contributed by atoms with Crippen LogP contribution in [0.25, 0.3) is 0 Å². The number of carbonyl (C=O) groups is 2. The van der Waals surface area contributed by atoms with Gasteiger partial charge in [-0.3, -0.25) is 19.6 Å². The van der Waals surface area contributed by atoms with Crippen LogP contribution >= 0.6 is 0 Å². The van der Waals surface area contributed by atoms with Crippen molar-refractivity contribution in [2.45, 2.75) is 9.79 Å². The van der Waals surface area contributed by atoms with E-state index < -0.39 is 0 Å². The molecule has 0 spiro atoms. The van der Waals surface area contributed by atoms with Gasteiger partial charge in [-0.15, -0.1) is 9.79 Å². The van der Waals surface area contributed by atoms with E-state index in [4.69, 9.17) is 34.1 Å². The molecule has 2 heterocycles. The van der Waals surface area contributed by atoms with Crippen molar-refractivity contribution in [1.29, 1.82) is 0 Å². The molecule has 0 atom stereocenters. The van der Waals surface area contributed by atoms with Crippen LogP contribution in [0.4, 0.5) is 11.4 Å². The van der Waals surface area contributed by atoms with Crippen LogP contribution in [0, 0.1) is 0 Å². The first-order valence-corrected chi connectivity index (χ1v) is 10.1. The summed E-state index contributed by atoms with van der Waals surface area (Å²) in [7, 11) is 0. The molecule has 0 saturated heterocycles. The Morgan fingerprint density at radius 3 is 1.36 bits per heavy atom. The normalized spacial score (nSPS) is 10.4. The quantitative estimate of drug-likeness (QED) is 0.144. The summed E-state index contributed by atoms with van der Waals surface area (Å²) in [6.07, 6.45) is 5.32. The van der Waals surface area contributed by atoms with Crippen molar-refractivity contribution in [1.82, 2.24) is 0 Å². The summed E-state index contributed by atoms with van der Waals surface area (Å²) in [5, 5.41) is 0. The first kappa shape index (κ1) is 25.9. The van der Waals surface area contributed by atoms with Gasteiger partial charge in [-0.1, -0.05) is 36.4 Å². The minimum Gasteiger partial charge on any atom is -0.778 e. The van der Waals surface area contributed by atoms with E-state index in [1.54, 1.807) is 48.5 Å². The van der Waals surface area contributed by atoms with Gasteiger partial charge in [-0.25, -0.2) is 0 Å². The van der Waals surface area contributed by atoms with Crippen molar-refractivity contribution >= 4 is 60.6 Å². The molecule has 33 heavy (non-hydrogen) atoms. The van der Waals surface area contributed by atoms with Crippen LogP contribution in [0.2, 0.25) is 0 Å². The number of nitrogens with zero attached hydrogens (tertiary/aromatic N) is 2. The van der Waals surface area contributed by atoms with E-state index in [2.05, 4.69) is 9.98 Å². The Bertz CT molecular complexity index is 1140. The second-order valence-electron chi connectivity index (χ2n) is 6.13. The fourth-order valence-electron chi connectivity index (χ4n) is 2.35. The summed E-state index contributed by atoms with van der Waals surface area (Å²) >= 11 is 10.1. The van der Waals surface area contributed by atoms with Gasteiger partial charge in [0.25, 0.3) is 0 Å². The molecule has 0 N–H and O–H groups in total. The van der Waals surface area contributed by atoms with E-state index in [1.165, 1.54) is 25.0 Å². The van der Waals surface area contributed by atoms with Gasteiger partial charge < -0.3 is 34.1 Å². The monoisotopic (exact) mass is 518 g/mol. The summed E-state index contributed by atoms with van der Waals surface area (Å²) in [4.78, 5) is 32.3. The molecular weight excluding hydrogens is 503 g/mol. The maximum absolute atomic E-state index is 11.5. The average molecular weight is 519 g/mol. The first-order chi connectivity index (χ1) is 15.5. The number of Topliss-reactive ketones (excluding diaryl/α,β-unsaturated/α-hetero) is 2. The molecule has 2 aromatic heterocycles. The molecule has 0 aliphatic carbocycles. The van der Waals surface area contributed by atoms with Crippen LogP contribution < -0.4 is 0 Å². The maximum atomic E-state index is 11.5. The zero-order valence-corrected chi connectivity index (χ0v) is 19.5. The van der Waals surface area contributed by atoms with Gasteiger partial charge in [0, 0.05) is 11.4 Å². The van der Waals surface area contributed by atoms with Gasteiger partial charge in [0.05, 0.1) is 25.0 Å². The molecule has 4 aromatic rings. The summed E-state index contributed by atoms with van der Waals surface area (Å²) < 4.78 is 9.89. The fourth-order valence-corrected chi connectivity index (χ4v) is 2.75. The fraction of sp³-hybridized carbons (Fsp3) is 0. The summed E-state index contributed by atoms with van der Waals surface area (Å²) in [5.74, 6) is -0.0114. The van der Waals surface area contributed by atoms with Crippen molar-refractivity contribution in [3.05, 3.63) is 96.8 Å². The predicted octanol–water partition coefficient (Wildman–Crippen LogP) is 5.54. The third-order valence-electron chi connectivity index (χ3n) is 3.90. The van der Waals surface area contributed by atoms with Gasteiger partial charge >= 0.3 is 16.5 Å². The Kier molecular flexibility index (Phi) is 10.4. The van der Waals surface area contributed by atoms with E-state index in [0.717, 1.165) is 0 Å². The molecule has 0 fully saturated rings. The van der Waals surface area contributed by atoms with Crippen molar-refractivity contribution in [2.24, 2.45) is 9.98 Å². The zero-order valence-electron chi connectivity index (χ0n) is 16.9. The number of furan rings is 2. The maximum Gasteiger partial charge on any atom is 2.00 e. The van der Waals surface area contributed by atoms with Crippen LogP contribution in [0.3, 0.4) is 0 Å². The smallest absolute Gasteiger partial charge is 0.778 e. The molecule has 0 amide bonds. The van der Waals surface area contributed by atoms with Crippen LogP contribution in [-0.4, -0.2) is 24.0 Å². The number of hydrogen-bond donors (Lipinski definition) is 0. The number of para-hydroxylation sites is 2. The minimum absolute atomic E-state index is 0. The number of aliphatic imine (C=N–C) groups is 2. The van der Waals surface area contributed by atoms with E-state index in [1.807, 2.05) is 24.3 Å². The molecule has 0 bridgehead atoms. The first-order valence-electron chi connectivity index (χ1n) is 9.30. The largest absolute Gasteiger partial charge is 2.00 e. The molecular formula is C24H16N2NiO4S2. The van der Waals surface area contributed by atoms with Crippen molar-refractivity contribution < 1.29 is 34.9 Å². The molecule has 0 unspecified atom stereocenters. The van der Waals surface area contributed by atoms with Crippen LogP contribution in [0.1, 0.15) is 21.1 Å². The van der Waals surface area contributed by atoms with Crippen molar-refractivity contribution in [2.75, 3.05) is 0 Å². The number of benzene rings is 2. The third-order valence-corrected chi connectivity index (χ3v) is 4.59. The molecule has 0 radical (unpaired) electrons. The van der Waals surface area contributed by atoms with Crippen molar-refractivity contribution in [3.8, 4) is 0 Å². The zero-order chi connectivity index (χ0) is 22.8. The number of rotatable bonds is 6. The molecule has 168 valence electrons. The van der Waals surface area contributed by atoms with E-state index in [-0.39, 0.29) is 39.6 Å². The number of ketones is 2. The molecule has 0 aliphatic heterocycles. The second kappa shape index (κ2) is 13.2. The van der Waals surface area contributed by atoms with Crippen molar-refractivity contribution in [3.63, 3.8) is 0 Å². The molecule has 4 rings (SSSR count). The Morgan fingerprint density at radius 1 is 0.636 bits per heavy atom. The van der Waals surface area contributed by atoms with E-state index in [9.17, 15) is 9.59 Å². The summed E-state index contributed by atoms with van der Waals surface area (Å²) in [6, 6.07) is 20.8. The Morgan fingerprint density at radius 2 is 1.03 bits per heavy atom. The van der Waals surface area contributed by atoms with Gasteiger partial charge in [0.1, 0.15) is 0 Å². The van der Waals surface area contributed by atoms with Crippen LogP contribution in [0.5, 0.6) is 0 Å². The SMILES string of the molecule is O=C(C=Nc1ccccc1[S-])c1ccco1.O=C(C=Nc1ccccc1[S-])c1ccco1.[Ni+2]. The number of carbonyl (C=O) groups excluding carboxylic acids is 2. The standard InChI is InChI=1S/2C12H9NO2S.Ni/c2*14-10(11-5-3-7-15-11)8-13-9-4-1-2-6-12(9)16;/h2*1-8,16H;/q;;+2/p-2. The minimum atomic E-state index is -0.275.